The predicted molar refractivity (Wildman–Crippen MR) is 123 cm³/mol. The molecule has 6 heteroatoms. The summed E-state index contributed by atoms with van der Waals surface area (Å²) in [6.45, 7) is 5.48. The highest BCUT2D eigenvalue weighted by atomic mass is 16.2. The number of anilines is 1. The lowest BCUT2D eigenvalue weighted by atomic mass is 9.96. The van der Waals surface area contributed by atoms with Gasteiger partial charge in [-0.2, -0.15) is 0 Å². The van der Waals surface area contributed by atoms with E-state index in [2.05, 4.69) is 39.4 Å². The molecule has 2 aliphatic heterocycles. The zero-order chi connectivity index (χ0) is 21.6. The quantitative estimate of drug-likeness (QED) is 0.675. The molecule has 31 heavy (non-hydrogen) atoms. The molecule has 164 valence electrons. The van der Waals surface area contributed by atoms with Gasteiger partial charge in [0.2, 0.25) is 11.8 Å². The summed E-state index contributed by atoms with van der Waals surface area (Å²) in [5.41, 5.74) is 9.77. The number of amides is 2. The summed E-state index contributed by atoms with van der Waals surface area (Å²) in [6.07, 6.45) is 3.99. The van der Waals surface area contributed by atoms with Gasteiger partial charge in [-0.3, -0.25) is 14.5 Å². The van der Waals surface area contributed by atoms with Crippen LogP contribution in [0.15, 0.2) is 48.5 Å². The first-order valence-corrected chi connectivity index (χ1v) is 11.3. The second-order valence-electron chi connectivity index (χ2n) is 8.64. The zero-order valence-corrected chi connectivity index (χ0v) is 18.1. The molecule has 1 atom stereocenters. The maximum atomic E-state index is 12.7. The van der Waals surface area contributed by atoms with Crippen molar-refractivity contribution in [3.63, 3.8) is 0 Å². The molecule has 2 aliphatic rings. The van der Waals surface area contributed by atoms with Crippen molar-refractivity contribution in [3.05, 3.63) is 65.2 Å². The summed E-state index contributed by atoms with van der Waals surface area (Å²) in [5, 5.41) is 3.15. The van der Waals surface area contributed by atoms with Crippen molar-refractivity contribution in [1.82, 2.24) is 10.2 Å². The van der Waals surface area contributed by atoms with Crippen LogP contribution >= 0.6 is 0 Å². The lowest BCUT2D eigenvalue weighted by Crippen LogP contribution is -2.43. The number of nitrogens with two attached hydrogens (primary N) is 1. The summed E-state index contributed by atoms with van der Waals surface area (Å²) in [4.78, 5) is 28.7. The maximum absolute atomic E-state index is 12.7. The van der Waals surface area contributed by atoms with Crippen LogP contribution in [0.4, 0.5) is 5.69 Å². The third kappa shape index (κ3) is 5.44. The Labute approximate surface area is 184 Å². The van der Waals surface area contributed by atoms with Crippen LogP contribution in [-0.2, 0) is 17.8 Å². The van der Waals surface area contributed by atoms with Crippen molar-refractivity contribution < 1.29 is 9.59 Å². The Bertz CT molecular complexity index is 912. The first-order chi connectivity index (χ1) is 15.1. The van der Waals surface area contributed by atoms with E-state index in [0.29, 0.717) is 12.1 Å². The Morgan fingerprint density at radius 3 is 2.58 bits per heavy atom. The minimum atomic E-state index is -0.420. The van der Waals surface area contributed by atoms with Crippen molar-refractivity contribution in [2.24, 2.45) is 11.7 Å². The molecule has 1 unspecified atom stereocenters. The van der Waals surface area contributed by atoms with Crippen molar-refractivity contribution >= 4 is 17.5 Å². The Balaban J connectivity index is 1.20. The molecule has 3 N–H and O–H groups in total. The van der Waals surface area contributed by atoms with Crippen molar-refractivity contribution in [1.29, 1.82) is 0 Å². The van der Waals surface area contributed by atoms with Crippen LogP contribution < -0.4 is 16.0 Å². The summed E-state index contributed by atoms with van der Waals surface area (Å²) >= 11 is 0. The van der Waals surface area contributed by atoms with Gasteiger partial charge in [-0.1, -0.05) is 24.3 Å². The van der Waals surface area contributed by atoms with E-state index in [-0.39, 0.29) is 11.8 Å². The number of carbonyl (C=O) groups excluding carboxylic acids is 2. The molecule has 2 amide bonds. The summed E-state index contributed by atoms with van der Waals surface area (Å²) in [5.74, 6) is -0.259. The summed E-state index contributed by atoms with van der Waals surface area (Å²) < 4.78 is 0. The molecule has 1 fully saturated rings. The Morgan fingerprint density at radius 2 is 1.81 bits per heavy atom. The average Bonchev–Trinajstić information content (AvgIpc) is 2.81. The number of rotatable bonds is 7. The van der Waals surface area contributed by atoms with Gasteiger partial charge in [-0.15, -0.1) is 0 Å². The normalized spacial score (nSPS) is 19.0. The van der Waals surface area contributed by atoms with E-state index < -0.39 is 5.91 Å². The van der Waals surface area contributed by atoms with Gasteiger partial charge in [0.1, 0.15) is 0 Å². The Morgan fingerprint density at radius 1 is 1.03 bits per heavy atom. The van der Waals surface area contributed by atoms with E-state index in [0.717, 1.165) is 64.1 Å². The van der Waals surface area contributed by atoms with Gasteiger partial charge in [0.15, 0.2) is 0 Å². The van der Waals surface area contributed by atoms with Crippen LogP contribution in [0.25, 0.3) is 0 Å². The first kappa shape index (κ1) is 21.4. The highest BCUT2D eigenvalue weighted by Gasteiger charge is 2.26. The van der Waals surface area contributed by atoms with Gasteiger partial charge in [-0.25, -0.2) is 0 Å². The van der Waals surface area contributed by atoms with E-state index in [4.69, 9.17) is 5.73 Å². The van der Waals surface area contributed by atoms with Gasteiger partial charge in [0.05, 0.1) is 5.92 Å². The number of hydrogen-bond acceptors (Lipinski definition) is 4. The van der Waals surface area contributed by atoms with Crippen LogP contribution in [-0.4, -0.2) is 49.4 Å². The highest BCUT2D eigenvalue weighted by Crippen LogP contribution is 2.24. The fraction of sp³-hybridized carbons (Fsp3) is 0.440. The van der Waals surface area contributed by atoms with Crippen LogP contribution in [0.3, 0.4) is 0 Å². The summed E-state index contributed by atoms with van der Waals surface area (Å²) in [6, 6.07) is 16.0. The molecule has 0 aliphatic carbocycles. The van der Waals surface area contributed by atoms with E-state index in [9.17, 15) is 9.59 Å². The van der Waals surface area contributed by atoms with Gasteiger partial charge in [-0.05, 0) is 61.1 Å². The number of fused-ring (bicyclic) bond motifs is 1. The number of primary amides is 1. The topological polar surface area (TPSA) is 78.7 Å². The van der Waals surface area contributed by atoms with Gasteiger partial charge in [0, 0.05) is 50.5 Å². The minimum Gasteiger partial charge on any atom is -0.371 e. The largest absolute Gasteiger partial charge is 0.371 e. The van der Waals surface area contributed by atoms with Crippen LogP contribution in [0, 0.1) is 5.92 Å². The van der Waals surface area contributed by atoms with Gasteiger partial charge >= 0.3 is 0 Å². The van der Waals surface area contributed by atoms with Crippen molar-refractivity contribution in [2.45, 2.75) is 32.2 Å². The number of nitrogens with one attached hydrogen (secondary N) is 1. The number of piperidine rings is 1. The fourth-order valence-corrected chi connectivity index (χ4v) is 4.67. The minimum absolute atomic E-state index is 0.00595. The Kier molecular flexibility index (Phi) is 6.87. The third-order valence-corrected chi connectivity index (χ3v) is 6.47. The predicted octanol–water partition coefficient (Wildman–Crippen LogP) is 2.57. The third-order valence-electron chi connectivity index (χ3n) is 6.47. The first-order valence-electron chi connectivity index (χ1n) is 11.3. The lowest BCUT2D eigenvalue weighted by molar-refractivity contribution is -0.125. The van der Waals surface area contributed by atoms with Crippen LogP contribution in [0.1, 0.15) is 40.7 Å². The van der Waals surface area contributed by atoms with Crippen molar-refractivity contribution in [3.8, 4) is 0 Å². The second kappa shape index (κ2) is 9.96. The molecule has 0 saturated carbocycles. The number of carbonyl (C=O) groups is 2. The molecule has 2 aromatic rings. The van der Waals surface area contributed by atoms with Gasteiger partial charge in [0.25, 0.3) is 0 Å². The number of nitrogens with zero attached hydrogens (tertiary/aromatic N) is 2. The molecule has 1 saturated heterocycles. The fourth-order valence-electron chi connectivity index (χ4n) is 4.67. The molecule has 2 heterocycles. The standard InChI is InChI=1S/C25H32N4O2/c26-24(30)20-8-10-23(11-9-20)29-15-3-7-22(18-29)25(31)27-13-4-14-28-16-12-19-5-1-2-6-21(19)17-28/h1-2,5-6,8-11,22H,3-4,7,12-18H2,(H2,26,30)(H,27,31). The second-order valence-corrected chi connectivity index (χ2v) is 8.64. The molecule has 0 aromatic heterocycles. The van der Waals surface area contributed by atoms with E-state index in [1.165, 1.54) is 11.1 Å². The lowest BCUT2D eigenvalue weighted by Gasteiger charge is -2.34. The van der Waals surface area contributed by atoms with Gasteiger partial charge < -0.3 is 16.0 Å². The molecule has 0 bridgehead atoms. The molecular weight excluding hydrogens is 388 g/mol. The zero-order valence-electron chi connectivity index (χ0n) is 18.1. The smallest absolute Gasteiger partial charge is 0.248 e. The van der Waals surface area contributed by atoms with Crippen LogP contribution in [0.5, 0.6) is 0 Å². The maximum Gasteiger partial charge on any atom is 0.248 e. The molecular formula is C25H32N4O2. The number of benzene rings is 2. The SMILES string of the molecule is NC(=O)c1ccc(N2CCCC(C(=O)NCCCN3CCc4ccccc4C3)C2)cc1. The molecule has 4 rings (SSSR count). The highest BCUT2D eigenvalue weighted by molar-refractivity contribution is 5.93. The van der Waals surface area contributed by atoms with Crippen molar-refractivity contribution in [2.75, 3.05) is 37.6 Å². The van der Waals surface area contributed by atoms with E-state index >= 15 is 0 Å². The molecule has 6 nitrogen and oxygen atoms in total. The molecule has 0 radical (unpaired) electrons. The monoisotopic (exact) mass is 420 g/mol. The van der Waals surface area contributed by atoms with E-state index in [1.54, 1.807) is 12.1 Å². The number of hydrogen-bond donors (Lipinski definition) is 2. The molecule has 2 aromatic carbocycles. The Hall–Kier alpha value is -2.86. The van der Waals surface area contributed by atoms with E-state index in [1.807, 2.05) is 12.1 Å². The van der Waals surface area contributed by atoms with Crippen LogP contribution in [0.2, 0.25) is 0 Å². The average molecular weight is 421 g/mol. The molecule has 0 spiro atoms. The summed E-state index contributed by atoms with van der Waals surface area (Å²) in [7, 11) is 0.